The first-order valence-corrected chi connectivity index (χ1v) is 5.24. The maximum absolute atomic E-state index is 11.5. The lowest BCUT2D eigenvalue weighted by molar-refractivity contribution is -0.116. The van der Waals surface area contributed by atoms with E-state index in [1.165, 1.54) is 0 Å². The molecule has 1 rings (SSSR count). The van der Waals surface area contributed by atoms with Crippen LogP contribution in [-0.2, 0) is 4.79 Å². The molecule has 0 heterocycles. The number of anilines is 1. The van der Waals surface area contributed by atoms with Crippen LogP contribution < -0.4 is 10.6 Å². The van der Waals surface area contributed by atoms with Gasteiger partial charge in [0.2, 0.25) is 5.91 Å². The molecule has 0 bridgehead atoms. The van der Waals surface area contributed by atoms with E-state index in [-0.39, 0.29) is 5.91 Å². The van der Waals surface area contributed by atoms with Crippen molar-refractivity contribution in [1.29, 1.82) is 0 Å². The molecular weight excluding hydrogens is 188 g/mol. The smallest absolute Gasteiger partial charge is 0.224 e. The number of carbonyl (C=O) groups excluding carboxylic acids is 1. The van der Waals surface area contributed by atoms with E-state index in [0.717, 1.165) is 24.2 Å². The summed E-state index contributed by atoms with van der Waals surface area (Å²) in [4.78, 5) is 11.5. The van der Waals surface area contributed by atoms with Crippen molar-refractivity contribution in [3.05, 3.63) is 29.8 Å². The third-order valence-electron chi connectivity index (χ3n) is 2.25. The largest absolute Gasteiger partial charge is 0.326 e. The van der Waals surface area contributed by atoms with Gasteiger partial charge in [-0.3, -0.25) is 4.79 Å². The van der Waals surface area contributed by atoms with E-state index in [0.29, 0.717) is 6.42 Å². The molecule has 0 unspecified atom stereocenters. The van der Waals surface area contributed by atoms with E-state index in [9.17, 15) is 4.79 Å². The van der Waals surface area contributed by atoms with Crippen LogP contribution >= 0.6 is 0 Å². The SMILES string of the molecule is CNCCCC(=O)Nc1ccccc1C. The molecule has 0 saturated carbocycles. The van der Waals surface area contributed by atoms with Gasteiger partial charge in [-0.2, -0.15) is 0 Å². The van der Waals surface area contributed by atoms with Gasteiger partial charge in [-0.05, 0) is 38.6 Å². The zero-order chi connectivity index (χ0) is 11.1. The highest BCUT2D eigenvalue weighted by Gasteiger charge is 2.02. The van der Waals surface area contributed by atoms with Crippen LogP contribution in [0.3, 0.4) is 0 Å². The van der Waals surface area contributed by atoms with Gasteiger partial charge in [-0.1, -0.05) is 18.2 Å². The Kier molecular flexibility index (Phi) is 4.84. The molecule has 0 aromatic heterocycles. The average Bonchev–Trinajstić information content (AvgIpc) is 2.22. The van der Waals surface area contributed by atoms with Gasteiger partial charge in [-0.15, -0.1) is 0 Å². The first-order chi connectivity index (χ1) is 7.24. The van der Waals surface area contributed by atoms with Gasteiger partial charge in [0.15, 0.2) is 0 Å². The van der Waals surface area contributed by atoms with Crippen molar-refractivity contribution in [3.63, 3.8) is 0 Å². The first-order valence-electron chi connectivity index (χ1n) is 5.24. The Labute approximate surface area is 90.9 Å². The molecule has 0 saturated heterocycles. The van der Waals surface area contributed by atoms with Crippen molar-refractivity contribution in [1.82, 2.24) is 5.32 Å². The summed E-state index contributed by atoms with van der Waals surface area (Å²) in [6.07, 6.45) is 1.43. The van der Waals surface area contributed by atoms with Crippen LogP contribution in [0.1, 0.15) is 18.4 Å². The normalized spacial score (nSPS) is 10.0. The van der Waals surface area contributed by atoms with Crippen LogP contribution in [0.5, 0.6) is 0 Å². The highest BCUT2D eigenvalue weighted by molar-refractivity contribution is 5.91. The Bertz CT molecular complexity index is 323. The lowest BCUT2D eigenvalue weighted by Gasteiger charge is -2.07. The number of para-hydroxylation sites is 1. The summed E-state index contributed by atoms with van der Waals surface area (Å²) in [5.74, 6) is 0.0829. The third-order valence-corrected chi connectivity index (χ3v) is 2.25. The zero-order valence-corrected chi connectivity index (χ0v) is 9.34. The summed E-state index contributed by atoms with van der Waals surface area (Å²) < 4.78 is 0. The van der Waals surface area contributed by atoms with Gasteiger partial charge in [0, 0.05) is 12.1 Å². The van der Waals surface area contributed by atoms with Gasteiger partial charge in [0.25, 0.3) is 0 Å². The number of amides is 1. The Hall–Kier alpha value is -1.35. The molecule has 0 fully saturated rings. The molecule has 2 N–H and O–H groups in total. The number of aryl methyl sites for hydroxylation is 1. The molecule has 1 aromatic carbocycles. The molecule has 0 aliphatic carbocycles. The molecule has 1 amide bonds. The first kappa shape index (κ1) is 11.7. The minimum atomic E-state index is 0.0829. The molecule has 82 valence electrons. The monoisotopic (exact) mass is 206 g/mol. The Morgan fingerprint density at radius 3 is 2.73 bits per heavy atom. The number of benzene rings is 1. The maximum Gasteiger partial charge on any atom is 0.224 e. The second kappa shape index (κ2) is 6.19. The fourth-order valence-corrected chi connectivity index (χ4v) is 1.35. The molecule has 0 aliphatic rings. The van der Waals surface area contributed by atoms with Crippen LogP contribution in [0.15, 0.2) is 24.3 Å². The van der Waals surface area contributed by atoms with Gasteiger partial charge in [0.1, 0.15) is 0 Å². The summed E-state index contributed by atoms with van der Waals surface area (Å²) in [6.45, 7) is 2.87. The molecule has 3 heteroatoms. The van der Waals surface area contributed by atoms with E-state index in [2.05, 4.69) is 10.6 Å². The average molecular weight is 206 g/mol. The van der Waals surface area contributed by atoms with E-state index < -0.39 is 0 Å². The molecule has 1 aromatic rings. The number of rotatable bonds is 5. The molecule has 0 radical (unpaired) electrons. The van der Waals surface area contributed by atoms with Crippen LogP contribution in [0.2, 0.25) is 0 Å². The van der Waals surface area contributed by atoms with Crippen molar-refractivity contribution < 1.29 is 4.79 Å². The minimum Gasteiger partial charge on any atom is -0.326 e. The lowest BCUT2D eigenvalue weighted by Crippen LogP contribution is -2.15. The standard InChI is InChI=1S/C12H18N2O/c1-10-6-3-4-7-11(10)14-12(15)8-5-9-13-2/h3-4,6-7,13H,5,8-9H2,1-2H3,(H,14,15). The van der Waals surface area contributed by atoms with Crippen LogP contribution in [0.25, 0.3) is 0 Å². The summed E-state index contributed by atoms with van der Waals surface area (Å²) in [7, 11) is 1.89. The lowest BCUT2D eigenvalue weighted by atomic mass is 10.2. The fraction of sp³-hybridized carbons (Fsp3) is 0.417. The van der Waals surface area contributed by atoms with Crippen molar-refractivity contribution in [2.75, 3.05) is 18.9 Å². The third kappa shape index (κ3) is 4.13. The topological polar surface area (TPSA) is 41.1 Å². The second-order valence-corrected chi connectivity index (χ2v) is 3.57. The zero-order valence-electron chi connectivity index (χ0n) is 9.34. The highest BCUT2D eigenvalue weighted by atomic mass is 16.1. The molecular formula is C12H18N2O. The maximum atomic E-state index is 11.5. The predicted molar refractivity (Wildman–Crippen MR) is 63.0 cm³/mol. The second-order valence-electron chi connectivity index (χ2n) is 3.57. The van der Waals surface area contributed by atoms with Crippen molar-refractivity contribution in [2.24, 2.45) is 0 Å². The molecule has 15 heavy (non-hydrogen) atoms. The Morgan fingerprint density at radius 1 is 1.33 bits per heavy atom. The molecule has 0 spiro atoms. The minimum absolute atomic E-state index is 0.0829. The molecule has 0 aliphatic heterocycles. The van der Waals surface area contributed by atoms with Crippen molar-refractivity contribution >= 4 is 11.6 Å². The number of hydrogen-bond donors (Lipinski definition) is 2. The van der Waals surface area contributed by atoms with Crippen molar-refractivity contribution in [3.8, 4) is 0 Å². The van der Waals surface area contributed by atoms with Gasteiger partial charge >= 0.3 is 0 Å². The molecule has 0 atom stereocenters. The summed E-state index contributed by atoms with van der Waals surface area (Å²) in [5, 5.41) is 5.92. The van der Waals surface area contributed by atoms with E-state index in [4.69, 9.17) is 0 Å². The van der Waals surface area contributed by atoms with Gasteiger partial charge < -0.3 is 10.6 Å². The Balaban J connectivity index is 2.41. The van der Waals surface area contributed by atoms with Crippen molar-refractivity contribution in [2.45, 2.75) is 19.8 Å². The van der Waals surface area contributed by atoms with E-state index in [1.807, 2.05) is 38.2 Å². The molecule has 3 nitrogen and oxygen atoms in total. The number of hydrogen-bond acceptors (Lipinski definition) is 2. The van der Waals surface area contributed by atoms with Gasteiger partial charge in [0.05, 0.1) is 0 Å². The van der Waals surface area contributed by atoms with E-state index in [1.54, 1.807) is 0 Å². The quantitative estimate of drug-likeness (QED) is 0.723. The summed E-state index contributed by atoms with van der Waals surface area (Å²) in [5.41, 5.74) is 2.01. The van der Waals surface area contributed by atoms with Crippen LogP contribution in [0.4, 0.5) is 5.69 Å². The fourth-order valence-electron chi connectivity index (χ4n) is 1.35. The van der Waals surface area contributed by atoms with E-state index >= 15 is 0 Å². The number of carbonyl (C=O) groups is 1. The van der Waals surface area contributed by atoms with Crippen LogP contribution in [0, 0.1) is 6.92 Å². The predicted octanol–water partition coefficient (Wildman–Crippen LogP) is 1.93. The summed E-state index contributed by atoms with van der Waals surface area (Å²) >= 11 is 0. The van der Waals surface area contributed by atoms with Gasteiger partial charge in [-0.25, -0.2) is 0 Å². The summed E-state index contributed by atoms with van der Waals surface area (Å²) in [6, 6.07) is 7.80. The van der Waals surface area contributed by atoms with Crippen LogP contribution in [-0.4, -0.2) is 19.5 Å². The highest BCUT2D eigenvalue weighted by Crippen LogP contribution is 2.13. The Morgan fingerprint density at radius 2 is 2.07 bits per heavy atom. The number of nitrogens with one attached hydrogen (secondary N) is 2.